The molecule has 0 spiro atoms. The highest BCUT2D eigenvalue weighted by atomic mass is 35.5. The summed E-state index contributed by atoms with van der Waals surface area (Å²) in [5.41, 5.74) is 0. The summed E-state index contributed by atoms with van der Waals surface area (Å²) in [4.78, 5) is 10.5. The number of benzene rings is 1. The largest absolute Gasteiger partial charge is 0.495 e. The molecule has 1 aromatic rings. The molecule has 2 N–H and O–H groups in total. The highest BCUT2D eigenvalue weighted by molar-refractivity contribution is 7.89. The molecule has 0 saturated heterocycles. The lowest BCUT2D eigenvalue weighted by atomic mass is 10.3. The van der Waals surface area contributed by atoms with E-state index in [0.717, 1.165) is 0 Å². The minimum absolute atomic E-state index is 0.114. The SMILES string of the molecule is COc1cc(S(=O)(=O)N[C@H](C)C(=O)O)ccc1Cl. The standard InChI is InChI=1S/C10H12ClNO5S/c1-6(10(13)14)12-18(15,16)7-3-4-8(11)9(5-7)17-2/h3-6,12H,1-2H3,(H,13,14)/t6-/m1/s1. The second-order valence-electron chi connectivity index (χ2n) is 3.48. The number of ether oxygens (including phenoxy) is 1. The maximum absolute atomic E-state index is 11.9. The molecule has 6 nitrogen and oxygen atoms in total. The molecular weight excluding hydrogens is 282 g/mol. The number of methoxy groups -OCH3 is 1. The van der Waals surface area contributed by atoms with Crippen LogP contribution in [0.2, 0.25) is 5.02 Å². The summed E-state index contributed by atoms with van der Waals surface area (Å²) in [5, 5.41) is 8.93. The summed E-state index contributed by atoms with van der Waals surface area (Å²) in [6.07, 6.45) is 0. The van der Waals surface area contributed by atoms with E-state index in [1.807, 2.05) is 4.72 Å². The van der Waals surface area contributed by atoms with Crippen molar-refractivity contribution in [2.24, 2.45) is 0 Å². The van der Waals surface area contributed by atoms with Crippen molar-refractivity contribution in [1.82, 2.24) is 4.72 Å². The third-order valence-corrected chi connectivity index (χ3v) is 3.99. The van der Waals surface area contributed by atoms with E-state index in [2.05, 4.69) is 0 Å². The van der Waals surface area contributed by atoms with Gasteiger partial charge in [0.05, 0.1) is 17.0 Å². The number of hydrogen-bond donors (Lipinski definition) is 2. The topological polar surface area (TPSA) is 92.7 Å². The molecule has 8 heteroatoms. The Morgan fingerprint density at radius 1 is 1.50 bits per heavy atom. The number of sulfonamides is 1. The molecule has 100 valence electrons. The van der Waals surface area contributed by atoms with Gasteiger partial charge in [0.2, 0.25) is 10.0 Å². The molecule has 1 rings (SSSR count). The van der Waals surface area contributed by atoms with E-state index >= 15 is 0 Å². The van der Waals surface area contributed by atoms with Crippen LogP contribution in [0.3, 0.4) is 0 Å². The number of carboxylic acids is 1. The van der Waals surface area contributed by atoms with E-state index in [-0.39, 0.29) is 15.7 Å². The average molecular weight is 294 g/mol. The number of carboxylic acid groups (broad SMARTS) is 1. The molecule has 1 aromatic carbocycles. The van der Waals surface area contributed by atoms with Gasteiger partial charge in [-0.15, -0.1) is 0 Å². The Labute approximate surface area is 110 Å². The minimum atomic E-state index is -3.92. The number of aliphatic carboxylic acids is 1. The summed E-state index contributed by atoms with van der Waals surface area (Å²) in [6.45, 7) is 1.23. The zero-order valence-corrected chi connectivity index (χ0v) is 11.2. The summed E-state index contributed by atoms with van der Waals surface area (Å²) in [5.74, 6) is -1.07. The lowest BCUT2D eigenvalue weighted by Crippen LogP contribution is -2.38. The first-order valence-corrected chi connectivity index (χ1v) is 6.72. The van der Waals surface area contributed by atoms with Crippen LogP contribution >= 0.6 is 11.6 Å². The summed E-state index contributed by atoms with van der Waals surface area (Å²) < 4.78 is 30.6. The van der Waals surface area contributed by atoms with Crippen molar-refractivity contribution in [3.63, 3.8) is 0 Å². The normalized spacial score (nSPS) is 13.1. The van der Waals surface area contributed by atoms with Crippen molar-refractivity contribution in [2.75, 3.05) is 7.11 Å². The third-order valence-electron chi connectivity index (χ3n) is 2.14. The fourth-order valence-electron chi connectivity index (χ4n) is 1.16. The van der Waals surface area contributed by atoms with Crippen molar-refractivity contribution < 1.29 is 23.1 Å². The first kappa shape index (κ1) is 14.7. The van der Waals surface area contributed by atoms with Crippen LogP contribution in [-0.2, 0) is 14.8 Å². The summed E-state index contributed by atoms with van der Waals surface area (Å²) in [7, 11) is -2.57. The highest BCUT2D eigenvalue weighted by Gasteiger charge is 2.22. The number of rotatable bonds is 5. The van der Waals surface area contributed by atoms with Gasteiger partial charge in [-0.25, -0.2) is 8.42 Å². The van der Waals surface area contributed by atoms with Gasteiger partial charge in [0.25, 0.3) is 0 Å². The van der Waals surface area contributed by atoms with Gasteiger partial charge in [-0.1, -0.05) is 11.6 Å². The molecule has 0 aliphatic heterocycles. The zero-order chi connectivity index (χ0) is 13.9. The number of hydrogen-bond acceptors (Lipinski definition) is 4. The molecule has 0 fully saturated rings. The second-order valence-corrected chi connectivity index (χ2v) is 5.60. The number of carbonyl (C=O) groups is 1. The molecule has 18 heavy (non-hydrogen) atoms. The van der Waals surface area contributed by atoms with Crippen molar-refractivity contribution >= 4 is 27.6 Å². The van der Waals surface area contributed by atoms with E-state index in [1.54, 1.807) is 0 Å². The molecule has 0 aliphatic rings. The maximum atomic E-state index is 11.9. The van der Waals surface area contributed by atoms with E-state index < -0.39 is 22.0 Å². The Bertz CT molecular complexity index is 557. The van der Waals surface area contributed by atoms with Crippen LogP contribution in [-0.4, -0.2) is 32.6 Å². The van der Waals surface area contributed by atoms with Gasteiger partial charge in [0.15, 0.2) is 0 Å². The second kappa shape index (κ2) is 5.55. The van der Waals surface area contributed by atoms with Crippen LogP contribution in [0.5, 0.6) is 5.75 Å². The summed E-state index contributed by atoms with van der Waals surface area (Å²) >= 11 is 5.77. The van der Waals surface area contributed by atoms with Crippen LogP contribution in [0.4, 0.5) is 0 Å². The molecule has 0 bridgehead atoms. The molecule has 0 aromatic heterocycles. The summed E-state index contributed by atoms with van der Waals surface area (Å²) in [6, 6.07) is 2.62. The Balaban J connectivity index is 3.09. The predicted molar refractivity (Wildman–Crippen MR) is 65.4 cm³/mol. The van der Waals surface area contributed by atoms with Gasteiger partial charge in [-0.2, -0.15) is 4.72 Å². The van der Waals surface area contributed by atoms with Crippen LogP contribution in [0, 0.1) is 0 Å². The Morgan fingerprint density at radius 2 is 2.11 bits per heavy atom. The lowest BCUT2D eigenvalue weighted by molar-refractivity contribution is -0.138. The first-order valence-electron chi connectivity index (χ1n) is 4.86. The average Bonchev–Trinajstić information content (AvgIpc) is 2.28. The quantitative estimate of drug-likeness (QED) is 0.848. The number of nitrogens with one attached hydrogen (secondary N) is 1. The molecule has 0 amide bonds. The van der Waals surface area contributed by atoms with Gasteiger partial charge in [-0.05, 0) is 19.1 Å². The van der Waals surface area contributed by atoms with Gasteiger partial charge in [-0.3, -0.25) is 4.79 Å². The Hall–Kier alpha value is -1.31. The van der Waals surface area contributed by atoms with E-state index in [0.29, 0.717) is 0 Å². The van der Waals surface area contributed by atoms with Crippen molar-refractivity contribution in [3.8, 4) is 5.75 Å². The van der Waals surface area contributed by atoms with E-state index in [9.17, 15) is 13.2 Å². The molecule has 0 radical (unpaired) electrons. The van der Waals surface area contributed by atoms with Crippen LogP contribution in [0.15, 0.2) is 23.1 Å². The van der Waals surface area contributed by atoms with Crippen LogP contribution < -0.4 is 9.46 Å². The van der Waals surface area contributed by atoms with Gasteiger partial charge < -0.3 is 9.84 Å². The highest BCUT2D eigenvalue weighted by Crippen LogP contribution is 2.26. The van der Waals surface area contributed by atoms with Crippen LogP contribution in [0.25, 0.3) is 0 Å². The smallest absolute Gasteiger partial charge is 0.321 e. The molecule has 0 aliphatic carbocycles. The van der Waals surface area contributed by atoms with E-state index in [4.69, 9.17) is 21.4 Å². The lowest BCUT2D eigenvalue weighted by Gasteiger charge is -2.11. The molecular formula is C10H12ClNO5S. The monoisotopic (exact) mass is 293 g/mol. The molecule has 0 heterocycles. The Morgan fingerprint density at radius 3 is 2.61 bits per heavy atom. The van der Waals surface area contributed by atoms with Crippen LogP contribution in [0.1, 0.15) is 6.92 Å². The minimum Gasteiger partial charge on any atom is -0.495 e. The van der Waals surface area contributed by atoms with E-state index in [1.165, 1.54) is 32.2 Å². The van der Waals surface area contributed by atoms with Gasteiger partial charge in [0.1, 0.15) is 11.8 Å². The van der Waals surface area contributed by atoms with Crippen molar-refractivity contribution in [2.45, 2.75) is 17.9 Å². The van der Waals surface area contributed by atoms with Crippen molar-refractivity contribution in [3.05, 3.63) is 23.2 Å². The maximum Gasteiger partial charge on any atom is 0.321 e. The molecule has 0 unspecified atom stereocenters. The number of halogens is 1. The van der Waals surface area contributed by atoms with Gasteiger partial charge in [0, 0.05) is 6.07 Å². The van der Waals surface area contributed by atoms with Gasteiger partial charge >= 0.3 is 5.97 Å². The fourth-order valence-corrected chi connectivity index (χ4v) is 2.56. The Kier molecular flexibility index (Phi) is 4.55. The van der Waals surface area contributed by atoms with Crippen molar-refractivity contribution in [1.29, 1.82) is 0 Å². The molecule has 0 saturated carbocycles. The third kappa shape index (κ3) is 3.34. The molecule has 1 atom stereocenters. The zero-order valence-electron chi connectivity index (χ0n) is 9.68. The predicted octanol–water partition coefficient (Wildman–Crippen LogP) is 1.10. The first-order chi connectivity index (χ1) is 8.27. The fraction of sp³-hybridized carbons (Fsp3) is 0.300.